The molecule has 0 fully saturated rings. The van der Waals surface area contributed by atoms with E-state index >= 15 is 0 Å². The summed E-state index contributed by atoms with van der Waals surface area (Å²) < 4.78 is 0. The van der Waals surface area contributed by atoms with Gasteiger partial charge in [-0.1, -0.05) is 25.5 Å². The van der Waals surface area contributed by atoms with Gasteiger partial charge in [0.05, 0.1) is 0 Å². The second-order valence-electron chi connectivity index (χ2n) is 5.62. The first-order valence-corrected chi connectivity index (χ1v) is 6.67. The number of Topliss-reactive ketones (excluding diaryl/α,β-unsaturated/α-hetero) is 1. The van der Waals surface area contributed by atoms with Gasteiger partial charge < -0.3 is 15.3 Å². The SMILES string of the molecule is CC(C)=CCc1c(O)cc(O)c(C(=O)CC(C)C)c1O. The third-order valence-corrected chi connectivity index (χ3v) is 2.95. The molecule has 110 valence electrons. The molecule has 0 saturated carbocycles. The van der Waals surface area contributed by atoms with Crippen molar-refractivity contribution in [3.05, 3.63) is 28.8 Å². The zero-order chi connectivity index (χ0) is 15.4. The topological polar surface area (TPSA) is 77.8 Å². The van der Waals surface area contributed by atoms with E-state index in [4.69, 9.17) is 0 Å². The van der Waals surface area contributed by atoms with Crippen molar-refractivity contribution in [2.45, 2.75) is 40.5 Å². The van der Waals surface area contributed by atoms with Crippen LogP contribution in [0, 0.1) is 5.92 Å². The third kappa shape index (κ3) is 3.76. The largest absolute Gasteiger partial charge is 0.507 e. The number of ketones is 1. The minimum absolute atomic E-state index is 0.103. The summed E-state index contributed by atoms with van der Waals surface area (Å²) in [5.41, 5.74) is 1.19. The van der Waals surface area contributed by atoms with Crippen molar-refractivity contribution < 1.29 is 20.1 Å². The maximum absolute atomic E-state index is 12.1. The van der Waals surface area contributed by atoms with Gasteiger partial charge in [0, 0.05) is 18.1 Å². The van der Waals surface area contributed by atoms with Crippen molar-refractivity contribution in [3.8, 4) is 17.2 Å². The Balaban J connectivity index is 3.28. The Morgan fingerprint density at radius 2 is 1.80 bits per heavy atom. The number of hydrogen-bond donors (Lipinski definition) is 3. The highest BCUT2D eigenvalue weighted by molar-refractivity contribution is 6.02. The maximum atomic E-state index is 12.1. The van der Waals surface area contributed by atoms with E-state index in [9.17, 15) is 20.1 Å². The Bertz CT molecular complexity index is 538. The molecule has 1 aromatic carbocycles. The molecule has 0 saturated heterocycles. The van der Waals surface area contributed by atoms with Crippen LogP contribution in [0.5, 0.6) is 17.2 Å². The highest BCUT2D eigenvalue weighted by Crippen LogP contribution is 2.39. The number of phenols is 3. The fraction of sp³-hybridized carbons (Fsp3) is 0.438. The number of benzene rings is 1. The van der Waals surface area contributed by atoms with E-state index in [-0.39, 0.29) is 46.5 Å². The van der Waals surface area contributed by atoms with Crippen molar-refractivity contribution in [3.63, 3.8) is 0 Å². The summed E-state index contributed by atoms with van der Waals surface area (Å²) >= 11 is 0. The van der Waals surface area contributed by atoms with Crippen LogP contribution in [0.2, 0.25) is 0 Å². The number of carbonyl (C=O) groups is 1. The summed E-state index contributed by atoms with van der Waals surface area (Å²) in [6.45, 7) is 7.58. The zero-order valence-corrected chi connectivity index (χ0v) is 12.4. The average Bonchev–Trinajstić information content (AvgIpc) is 2.26. The lowest BCUT2D eigenvalue weighted by Gasteiger charge is -2.13. The lowest BCUT2D eigenvalue weighted by atomic mass is 9.95. The molecule has 20 heavy (non-hydrogen) atoms. The molecule has 0 atom stereocenters. The normalized spacial score (nSPS) is 10.7. The fourth-order valence-electron chi connectivity index (χ4n) is 1.94. The van der Waals surface area contributed by atoms with Gasteiger partial charge in [-0.15, -0.1) is 0 Å². The van der Waals surface area contributed by atoms with Gasteiger partial charge in [-0.25, -0.2) is 0 Å². The van der Waals surface area contributed by atoms with Crippen molar-refractivity contribution in [1.29, 1.82) is 0 Å². The number of allylic oxidation sites excluding steroid dienone is 2. The number of phenolic OH excluding ortho intramolecular Hbond substituents is 3. The first kappa shape index (κ1) is 16.1. The van der Waals surface area contributed by atoms with Crippen molar-refractivity contribution in [2.75, 3.05) is 0 Å². The van der Waals surface area contributed by atoms with E-state index in [1.807, 2.05) is 33.8 Å². The smallest absolute Gasteiger partial charge is 0.170 e. The molecule has 0 aliphatic heterocycles. The molecule has 0 aliphatic carbocycles. The maximum Gasteiger partial charge on any atom is 0.170 e. The van der Waals surface area contributed by atoms with E-state index in [1.54, 1.807) is 0 Å². The van der Waals surface area contributed by atoms with Crippen LogP contribution >= 0.6 is 0 Å². The number of carbonyl (C=O) groups excluding carboxylic acids is 1. The molecule has 0 bridgehead atoms. The standard InChI is InChI=1S/C16H22O4/c1-9(2)5-6-11-12(17)8-14(19)15(16(11)20)13(18)7-10(3)4/h5,8,10,17,19-20H,6-7H2,1-4H3. The Hall–Kier alpha value is -1.97. The molecule has 4 heteroatoms. The van der Waals surface area contributed by atoms with Crippen LogP contribution in [0.4, 0.5) is 0 Å². The van der Waals surface area contributed by atoms with Crippen LogP contribution < -0.4 is 0 Å². The van der Waals surface area contributed by atoms with Crippen molar-refractivity contribution >= 4 is 5.78 Å². The second kappa shape index (κ2) is 6.46. The molecule has 0 aliphatic rings. The van der Waals surface area contributed by atoms with E-state index < -0.39 is 0 Å². The molecular weight excluding hydrogens is 256 g/mol. The molecule has 1 aromatic rings. The van der Waals surface area contributed by atoms with Crippen LogP contribution in [0.25, 0.3) is 0 Å². The zero-order valence-electron chi connectivity index (χ0n) is 12.4. The predicted octanol–water partition coefficient (Wildman–Crippen LogP) is 3.54. The third-order valence-electron chi connectivity index (χ3n) is 2.95. The lowest BCUT2D eigenvalue weighted by Crippen LogP contribution is -2.05. The molecule has 0 aromatic heterocycles. The molecular formula is C16H22O4. The molecule has 0 amide bonds. The van der Waals surface area contributed by atoms with E-state index in [1.165, 1.54) is 0 Å². The predicted molar refractivity (Wildman–Crippen MR) is 78.4 cm³/mol. The number of hydrogen-bond acceptors (Lipinski definition) is 4. The Morgan fingerprint density at radius 1 is 1.20 bits per heavy atom. The van der Waals surface area contributed by atoms with Crippen LogP contribution in [-0.4, -0.2) is 21.1 Å². The van der Waals surface area contributed by atoms with Gasteiger partial charge in [-0.05, 0) is 26.2 Å². The summed E-state index contributed by atoms with van der Waals surface area (Å²) in [7, 11) is 0. The summed E-state index contributed by atoms with van der Waals surface area (Å²) in [5.74, 6) is -1.12. The van der Waals surface area contributed by atoms with Gasteiger partial charge in [0.25, 0.3) is 0 Å². The lowest BCUT2D eigenvalue weighted by molar-refractivity contribution is 0.0962. The van der Waals surface area contributed by atoms with Gasteiger partial charge in [-0.2, -0.15) is 0 Å². The van der Waals surface area contributed by atoms with Crippen LogP contribution in [-0.2, 0) is 6.42 Å². The first-order chi connectivity index (χ1) is 9.23. The Labute approximate surface area is 119 Å². The monoisotopic (exact) mass is 278 g/mol. The average molecular weight is 278 g/mol. The Morgan fingerprint density at radius 3 is 2.30 bits per heavy atom. The fourth-order valence-corrected chi connectivity index (χ4v) is 1.94. The highest BCUT2D eigenvalue weighted by Gasteiger charge is 2.22. The first-order valence-electron chi connectivity index (χ1n) is 6.67. The minimum atomic E-state index is -0.383. The van der Waals surface area contributed by atoms with E-state index in [2.05, 4.69) is 0 Å². The molecule has 0 spiro atoms. The summed E-state index contributed by atoms with van der Waals surface area (Å²) in [6, 6.07) is 1.11. The molecule has 0 heterocycles. The molecule has 3 N–H and O–H groups in total. The summed E-state index contributed by atoms with van der Waals surface area (Å²) in [5, 5.41) is 29.8. The number of aromatic hydroxyl groups is 3. The summed E-state index contributed by atoms with van der Waals surface area (Å²) in [6.07, 6.45) is 2.37. The Kier molecular flexibility index (Phi) is 5.19. The van der Waals surface area contributed by atoms with Crippen LogP contribution in [0.1, 0.15) is 50.0 Å². The molecule has 0 unspecified atom stereocenters. The second-order valence-corrected chi connectivity index (χ2v) is 5.62. The van der Waals surface area contributed by atoms with Crippen molar-refractivity contribution in [1.82, 2.24) is 0 Å². The van der Waals surface area contributed by atoms with Crippen LogP contribution in [0.15, 0.2) is 17.7 Å². The minimum Gasteiger partial charge on any atom is -0.507 e. The van der Waals surface area contributed by atoms with Gasteiger partial charge in [-0.3, -0.25) is 4.79 Å². The van der Waals surface area contributed by atoms with E-state index in [0.717, 1.165) is 11.6 Å². The van der Waals surface area contributed by atoms with Gasteiger partial charge in [0.1, 0.15) is 22.8 Å². The highest BCUT2D eigenvalue weighted by atomic mass is 16.3. The quantitative estimate of drug-likeness (QED) is 0.568. The van der Waals surface area contributed by atoms with Gasteiger partial charge in [0.15, 0.2) is 5.78 Å². The van der Waals surface area contributed by atoms with Gasteiger partial charge in [0.2, 0.25) is 0 Å². The summed E-state index contributed by atoms with van der Waals surface area (Å²) in [4.78, 5) is 12.1. The molecule has 4 nitrogen and oxygen atoms in total. The van der Waals surface area contributed by atoms with Crippen molar-refractivity contribution in [2.24, 2.45) is 5.92 Å². The van der Waals surface area contributed by atoms with Crippen LogP contribution in [0.3, 0.4) is 0 Å². The molecule has 0 radical (unpaired) electrons. The molecule has 1 rings (SSSR count). The number of rotatable bonds is 5. The van der Waals surface area contributed by atoms with E-state index in [0.29, 0.717) is 6.42 Å². The van der Waals surface area contributed by atoms with Gasteiger partial charge >= 0.3 is 0 Å².